The van der Waals surface area contributed by atoms with Crippen LogP contribution in [0.3, 0.4) is 0 Å². The molecule has 6 heteroatoms. The third-order valence-electron chi connectivity index (χ3n) is 2.52. The van der Waals surface area contributed by atoms with Crippen molar-refractivity contribution in [2.75, 3.05) is 6.61 Å². The summed E-state index contributed by atoms with van der Waals surface area (Å²) in [5.41, 5.74) is 6.20. The minimum atomic E-state index is -0.305. The Hall–Kier alpha value is -0.590. The molecule has 0 bridgehead atoms. The van der Waals surface area contributed by atoms with Gasteiger partial charge in [0.2, 0.25) is 5.91 Å². The van der Waals surface area contributed by atoms with Crippen molar-refractivity contribution >= 4 is 37.8 Å². The molecule has 0 aliphatic carbocycles. The zero-order valence-electron chi connectivity index (χ0n) is 11.0. The Labute approximate surface area is 130 Å². The van der Waals surface area contributed by atoms with E-state index < -0.39 is 0 Å². The molecular weight excluding hydrogens is 376 g/mol. The molecule has 106 valence electrons. The Balaban J connectivity index is 2.78. The Kier molecular flexibility index (Phi) is 6.82. The van der Waals surface area contributed by atoms with Crippen LogP contribution in [0, 0.1) is 0 Å². The summed E-state index contributed by atoms with van der Waals surface area (Å²) >= 11 is 6.95. The van der Waals surface area contributed by atoms with Crippen LogP contribution in [0.1, 0.15) is 25.8 Å². The second-order valence-electron chi connectivity index (χ2n) is 4.26. The van der Waals surface area contributed by atoms with Gasteiger partial charge in [-0.1, -0.05) is 15.9 Å². The lowest BCUT2D eigenvalue weighted by Gasteiger charge is -2.16. The lowest BCUT2D eigenvalue weighted by atomic mass is 10.1. The highest BCUT2D eigenvalue weighted by atomic mass is 79.9. The molecule has 19 heavy (non-hydrogen) atoms. The number of primary amides is 1. The van der Waals surface area contributed by atoms with Crippen molar-refractivity contribution in [2.24, 2.45) is 5.73 Å². The van der Waals surface area contributed by atoms with Crippen LogP contribution in [0.15, 0.2) is 21.1 Å². The fraction of sp³-hybridized carbons (Fsp3) is 0.462. The first-order chi connectivity index (χ1) is 8.93. The summed E-state index contributed by atoms with van der Waals surface area (Å²) in [6, 6.07) is 3.98. The molecule has 0 aliphatic heterocycles. The van der Waals surface area contributed by atoms with Crippen molar-refractivity contribution in [2.45, 2.75) is 32.9 Å². The maximum Gasteiger partial charge on any atom is 0.218 e. The molecule has 1 aromatic carbocycles. The summed E-state index contributed by atoms with van der Waals surface area (Å²) in [7, 11) is 0. The summed E-state index contributed by atoms with van der Waals surface area (Å²) in [5, 5.41) is 3.26. The van der Waals surface area contributed by atoms with E-state index in [1.54, 1.807) is 0 Å². The van der Waals surface area contributed by atoms with Crippen molar-refractivity contribution in [3.8, 4) is 5.75 Å². The minimum Gasteiger partial charge on any atom is -0.492 e. The van der Waals surface area contributed by atoms with Crippen LogP contribution in [0.2, 0.25) is 0 Å². The van der Waals surface area contributed by atoms with E-state index in [9.17, 15) is 4.79 Å². The fourth-order valence-corrected chi connectivity index (χ4v) is 3.14. The van der Waals surface area contributed by atoms with Crippen LogP contribution in [0.4, 0.5) is 0 Å². The molecule has 4 nitrogen and oxygen atoms in total. The predicted octanol–water partition coefficient (Wildman–Crippen LogP) is 2.96. The van der Waals surface area contributed by atoms with Gasteiger partial charge in [0.05, 0.1) is 11.1 Å². The number of carbonyl (C=O) groups excluding carboxylic acids is 1. The maximum absolute atomic E-state index is 10.8. The lowest BCUT2D eigenvalue weighted by molar-refractivity contribution is -0.118. The van der Waals surface area contributed by atoms with E-state index in [-0.39, 0.29) is 11.9 Å². The highest BCUT2D eigenvalue weighted by Gasteiger charge is 2.12. The smallest absolute Gasteiger partial charge is 0.218 e. The average Bonchev–Trinajstić information content (AvgIpc) is 2.29. The summed E-state index contributed by atoms with van der Waals surface area (Å²) in [4.78, 5) is 10.8. The summed E-state index contributed by atoms with van der Waals surface area (Å²) in [6.45, 7) is 5.09. The SMILES string of the molecule is CCOc1c(Br)cc(Br)cc1CNC(C)CC(N)=O. The Morgan fingerprint density at radius 3 is 2.74 bits per heavy atom. The highest BCUT2D eigenvalue weighted by Crippen LogP contribution is 2.33. The van der Waals surface area contributed by atoms with E-state index in [2.05, 4.69) is 37.2 Å². The number of hydrogen-bond acceptors (Lipinski definition) is 3. The van der Waals surface area contributed by atoms with E-state index in [0.717, 1.165) is 20.3 Å². The number of benzene rings is 1. The van der Waals surface area contributed by atoms with E-state index in [1.807, 2.05) is 26.0 Å². The van der Waals surface area contributed by atoms with Gasteiger partial charge in [0.25, 0.3) is 0 Å². The minimum absolute atomic E-state index is 0.0322. The second-order valence-corrected chi connectivity index (χ2v) is 6.03. The largest absolute Gasteiger partial charge is 0.492 e. The van der Waals surface area contributed by atoms with Gasteiger partial charge in [-0.3, -0.25) is 4.79 Å². The molecule has 1 rings (SSSR count). The van der Waals surface area contributed by atoms with E-state index in [0.29, 0.717) is 19.6 Å². The molecule has 0 saturated heterocycles. The van der Waals surface area contributed by atoms with Crippen molar-refractivity contribution in [1.29, 1.82) is 0 Å². The van der Waals surface area contributed by atoms with Crippen molar-refractivity contribution in [3.63, 3.8) is 0 Å². The zero-order valence-corrected chi connectivity index (χ0v) is 14.2. The second kappa shape index (κ2) is 7.87. The van der Waals surface area contributed by atoms with E-state index in [4.69, 9.17) is 10.5 Å². The Bertz CT molecular complexity index is 453. The molecule has 0 fully saturated rings. The standard InChI is InChI=1S/C13H18Br2N2O2/c1-3-19-13-9(5-10(14)6-11(13)15)7-17-8(2)4-12(16)18/h5-6,8,17H,3-4,7H2,1-2H3,(H2,16,18). The fourth-order valence-electron chi connectivity index (χ4n) is 1.71. The van der Waals surface area contributed by atoms with Gasteiger partial charge in [-0.05, 0) is 41.9 Å². The molecule has 1 aromatic rings. The number of amides is 1. The van der Waals surface area contributed by atoms with Gasteiger partial charge < -0.3 is 15.8 Å². The van der Waals surface area contributed by atoms with Gasteiger partial charge in [-0.15, -0.1) is 0 Å². The third-order valence-corrected chi connectivity index (χ3v) is 3.57. The number of carbonyl (C=O) groups is 1. The first-order valence-electron chi connectivity index (χ1n) is 6.06. The van der Waals surface area contributed by atoms with Crippen molar-refractivity contribution in [1.82, 2.24) is 5.32 Å². The maximum atomic E-state index is 10.8. The van der Waals surface area contributed by atoms with Crippen LogP contribution in [-0.4, -0.2) is 18.6 Å². The lowest BCUT2D eigenvalue weighted by Crippen LogP contribution is -2.30. The zero-order chi connectivity index (χ0) is 14.4. The van der Waals surface area contributed by atoms with Crippen molar-refractivity contribution in [3.05, 3.63) is 26.6 Å². The quantitative estimate of drug-likeness (QED) is 0.748. The van der Waals surface area contributed by atoms with E-state index in [1.165, 1.54) is 0 Å². The van der Waals surface area contributed by atoms with Crippen molar-refractivity contribution < 1.29 is 9.53 Å². The van der Waals surface area contributed by atoms with Gasteiger partial charge in [0.1, 0.15) is 5.75 Å². The Morgan fingerprint density at radius 1 is 1.47 bits per heavy atom. The monoisotopic (exact) mass is 392 g/mol. The number of rotatable bonds is 7. The van der Waals surface area contributed by atoms with Crippen LogP contribution in [0.5, 0.6) is 5.75 Å². The molecule has 3 N–H and O–H groups in total. The van der Waals surface area contributed by atoms with Gasteiger partial charge >= 0.3 is 0 Å². The first kappa shape index (κ1) is 16.5. The molecular formula is C13H18Br2N2O2. The van der Waals surface area contributed by atoms with Gasteiger partial charge in [0.15, 0.2) is 0 Å². The third kappa shape index (κ3) is 5.50. The first-order valence-corrected chi connectivity index (χ1v) is 7.65. The molecule has 1 amide bonds. The van der Waals surface area contributed by atoms with Crippen LogP contribution in [0.25, 0.3) is 0 Å². The summed E-state index contributed by atoms with van der Waals surface area (Å²) in [5.74, 6) is 0.518. The van der Waals surface area contributed by atoms with E-state index >= 15 is 0 Å². The predicted molar refractivity (Wildman–Crippen MR) is 83.1 cm³/mol. The van der Waals surface area contributed by atoms with Gasteiger partial charge in [0, 0.05) is 29.0 Å². The van der Waals surface area contributed by atoms with Crippen LogP contribution in [-0.2, 0) is 11.3 Å². The number of ether oxygens (including phenoxy) is 1. The highest BCUT2D eigenvalue weighted by molar-refractivity contribution is 9.11. The van der Waals surface area contributed by atoms with Crippen LogP contribution < -0.4 is 15.8 Å². The number of nitrogens with two attached hydrogens (primary N) is 1. The molecule has 0 saturated carbocycles. The molecule has 0 aromatic heterocycles. The average molecular weight is 394 g/mol. The van der Waals surface area contributed by atoms with Gasteiger partial charge in [-0.2, -0.15) is 0 Å². The molecule has 0 aliphatic rings. The normalized spacial score (nSPS) is 12.2. The summed E-state index contributed by atoms with van der Waals surface area (Å²) < 4.78 is 7.52. The Morgan fingerprint density at radius 2 is 2.16 bits per heavy atom. The molecule has 1 unspecified atom stereocenters. The van der Waals surface area contributed by atoms with Crippen LogP contribution >= 0.6 is 31.9 Å². The topological polar surface area (TPSA) is 64.3 Å². The molecule has 0 radical (unpaired) electrons. The molecule has 0 heterocycles. The molecule has 0 spiro atoms. The molecule has 1 atom stereocenters. The summed E-state index contributed by atoms with van der Waals surface area (Å²) in [6.07, 6.45) is 0.319. The number of halogens is 2. The number of hydrogen-bond donors (Lipinski definition) is 2. The van der Waals surface area contributed by atoms with Gasteiger partial charge in [-0.25, -0.2) is 0 Å². The number of nitrogens with one attached hydrogen (secondary N) is 1.